The molecule has 0 bridgehead atoms. The highest BCUT2D eigenvalue weighted by atomic mass is 16.1. The number of hydrogen-bond acceptors (Lipinski definition) is 4. The first-order valence-electron chi connectivity index (χ1n) is 6.56. The van der Waals surface area contributed by atoms with E-state index in [-0.39, 0.29) is 0 Å². The van der Waals surface area contributed by atoms with E-state index in [1.54, 1.807) is 30.3 Å². The van der Waals surface area contributed by atoms with Crippen molar-refractivity contribution in [3.05, 3.63) is 58.7 Å². The van der Waals surface area contributed by atoms with Gasteiger partial charge in [-0.2, -0.15) is 0 Å². The number of hydrogen-bond donors (Lipinski definition) is 0. The molecule has 22 heavy (non-hydrogen) atoms. The van der Waals surface area contributed by atoms with Gasteiger partial charge in [0.25, 0.3) is 0 Å². The van der Waals surface area contributed by atoms with Crippen LogP contribution in [0.25, 0.3) is 21.5 Å². The summed E-state index contributed by atoms with van der Waals surface area (Å²) in [5.41, 5.74) is 1.44. The molecule has 0 aliphatic heterocycles. The zero-order valence-corrected chi connectivity index (χ0v) is 11.4. The lowest BCUT2D eigenvalue weighted by molar-refractivity contribution is 0.109. The van der Waals surface area contributed by atoms with E-state index in [0.29, 0.717) is 52.8 Å². The van der Waals surface area contributed by atoms with Crippen LogP contribution in [0.4, 0.5) is 0 Å². The maximum absolute atomic E-state index is 11.2. The van der Waals surface area contributed by atoms with Gasteiger partial charge in [0.15, 0.2) is 18.9 Å². The summed E-state index contributed by atoms with van der Waals surface area (Å²) in [5, 5.41) is 2.95. The predicted molar refractivity (Wildman–Crippen MR) is 83.0 cm³/mol. The van der Waals surface area contributed by atoms with Crippen molar-refractivity contribution in [1.82, 2.24) is 0 Å². The Balaban J connectivity index is 2.44. The molecular formula is C18H10O4. The Hall–Kier alpha value is -3.14. The van der Waals surface area contributed by atoms with E-state index >= 15 is 0 Å². The second-order valence-corrected chi connectivity index (χ2v) is 4.98. The summed E-state index contributed by atoms with van der Waals surface area (Å²) in [5.74, 6) is 0. The highest BCUT2D eigenvalue weighted by Crippen LogP contribution is 2.27. The van der Waals surface area contributed by atoms with Crippen LogP contribution in [0.15, 0.2) is 36.4 Å². The van der Waals surface area contributed by atoms with Gasteiger partial charge in [-0.15, -0.1) is 0 Å². The minimum Gasteiger partial charge on any atom is -0.298 e. The molecule has 0 aliphatic carbocycles. The Morgan fingerprint density at radius 1 is 0.500 bits per heavy atom. The highest BCUT2D eigenvalue weighted by molar-refractivity contribution is 6.09. The predicted octanol–water partition coefficient (Wildman–Crippen LogP) is 3.24. The molecule has 0 unspecified atom stereocenters. The van der Waals surface area contributed by atoms with Crippen LogP contribution in [0.1, 0.15) is 41.4 Å². The molecule has 0 aliphatic rings. The fraction of sp³-hybridized carbons (Fsp3) is 0. The second kappa shape index (κ2) is 5.33. The average Bonchev–Trinajstić information content (AvgIpc) is 2.57. The van der Waals surface area contributed by atoms with Crippen molar-refractivity contribution in [2.45, 2.75) is 0 Å². The molecular weight excluding hydrogens is 280 g/mol. The number of carbonyl (C=O) groups excluding carboxylic acids is 4. The zero-order chi connectivity index (χ0) is 15.7. The van der Waals surface area contributed by atoms with Crippen molar-refractivity contribution in [2.75, 3.05) is 0 Å². The number of benzene rings is 3. The summed E-state index contributed by atoms with van der Waals surface area (Å²) < 4.78 is 0. The molecule has 3 aromatic carbocycles. The van der Waals surface area contributed by atoms with Gasteiger partial charge in [0.2, 0.25) is 0 Å². The molecule has 0 saturated heterocycles. The first-order chi connectivity index (χ1) is 10.7. The van der Waals surface area contributed by atoms with Crippen LogP contribution in [0.3, 0.4) is 0 Å². The van der Waals surface area contributed by atoms with Crippen LogP contribution in [-0.2, 0) is 0 Å². The zero-order valence-electron chi connectivity index (χ0n) is 11.4. The van der Waals surface area contributed by atoms with Crippen molar-refractivity contribution in [3.8, 4) is 0 Å². The summed E-state index contributed by atoms with van der Waals surface area (Å²) in [6.45, 7) is 0. The van der Waals surface area contributed by atoms with E-state index in [9.17, 15) is 19.2 Å². The Labute approximate surface area is 125 Å². The minimum atomic E-state index is 0.305. The van der Waals surface area contributed by atoms with E-state index in [4.69, 9.17) is 0 Å². The molecule has 0 aromatic heterocycles. The molecule has 0 atom stereocenters. The molecule has 0 radical (unpaired) electrons. The lowest BCUT2D eigenvalue weighted by atomic mass is 9.95. The summed E-state index contributed by atoms with van der Waals surface area (Å²) in [6, 6.07) is 10.0. The molecule has 0 spiro atoms. The fourth-order valence-corrected chi connectivity index (χ4v) is 2.62. The molecule has 4 heteroatoms. The minimum absolute atomic E-state index is 0.305. The third-order valence-corrected chi connectivity index (χ3v) is 3.68. The summed E-state index contributed by atoms with van der Waals surface area (Å²) >= 11 is 0. The Morgan fingerprint density at radius 3 is 1.64 bits per heavy atom. The van der Waals surface area contributed by atoms with Crippen LogP contribution < -0.4 is 0 Å². The SMILES string of the molecule is O=Cc1cc(C=O)c2cc3cc(C=O)c(C=O)cc3cc2c1. The van der Waals surface area contributed by atoms with Crippen molar-refractivity contribution < 1.29 is 19.2 Å². The Kier molecular flexibility index (Phi) is 3.35. The topological polar surface area (TPSA) is 68.3 Å². The van der Waals surface area contributed by atoms with E-state index in [2.05, 4.69) is 0 Å². The summed E-state index contributed by atoms with van der Waals surface area (Å²) in [4.78, 5) is 44.3. The van der Waals surface area contributed by atoms with E-state index in [1.165, 1.54) is 6.07 Å². The van der Waals surface area contributed by atoms with Gasteiger partial charge in [0.1, 0.15) is 6.29 Å². The first-order valence-corrected chi connectivity index (χ1v) is 6.56. The van der Waals surface area contributed by atoms with Crippen LogP contribution in [0.2, 0.25) is 0 Å². The third-order valence-electron chi connectivity index (χ3n) is 3.68. The summed E-state index contributed by atoms with van der Waals surface area (Å²) in [6.07, 6.45) is 2.64. The Morgan fingerprint density at radius 2 is 1.09 bits per heavy atom. The van der Waals surface area contributed by atoms with Crippen molar-refractivity contribution in [2.24, 2.45) is 0 Å². The monoisotopic (exact) mass is 290 g/mol. The normalized spacial score (nSPS) is 10.5. The van der Waals surface area contributed by atoms with Crippen molar-refractivity contribution >= 4 is 46.7 Å². The van der Waals surface area contributed by atoms with Crippen LogP contribution in [-0.4, -0.2) is 25.1 Å². The highest BCUT2D eigenvalue weighted by Gasteiger charge is 2.08. The van der Waals surface area contributed by atoms with Gasteiger partial charge in [-0.25, -0.2) is 0 Å². The molecule has 4 nitrogen and oxygen atoms in total. The second-order valence-electron chi connectivity index (χ2n) is 4.98. The molecule has 0 heterocycles. The maximum Gasteiger partial charge on any atom is 0.150 e. The molecule has 0 amide bonds. The number of fused-ring (bicyclic) bond motifs is 2. The van der Waals surface area contributed by atoms with Gasteiger partial charge in [0, 0.05) is 22.3 Å². The standard InChI is InChI=1S/C18H10O4/c19-7-11-1-14-3-12-4-15(8-20)16(9-21)5-13(12)6-18(14)17(2-11)10-22/h1-10H. The first kappa shape index (κ1) is 13.8. The average molecular weight is 290 g/mol. The lowest BCUT2D eigenvalue weighted by Gasteiger charge is -2.07. The van der Waals surface area contributed by atoms with Crippen LogP contribution in [0, 0.1) is 0 Å². The van der Waals surface area contributed by atoms with Gasteiger partial charge >= 0.3 is 0 Å². The lowest BCUT2D eigenvalue weighted by Crippen LogP contribution is -1.93. The molecule has 0 saturated carbocycles. The summed E-state index contributed by atoms with van der Waals surface area (Å²) in [7, 11) is 0. The number of aldehydes is 4. The van der Waals surface area contributed by atoms with Crippen molar-refractivity contribution in [3.63, 3.8) is 0 Å². The number of rotatable bonds is 4. The van der Waals surface area contributed by atoms with Gasteiger partial charge < -0.3 is 0 Å². The molecule has 0 N–H and O–H groups in total. The van der Waals surface area contributed by atoms with Gasteiger partial charge in [-0.3, -0.25) is 19.2 Å². The van der Waals surface area contributed by atoms with Crippen LogP contribution in [0.5, 0.6) is 0 Å². The molecule has 106 valence electrons. The molecule has 3 rings (SSSR count). The smallest absolute Gasteiger partial charge is 0.150 e. The van der Waals surface area contributed by atoms with Crippen LogP contribution >= 0.6 is 0 Å². The largest absolute Gasteiger partial charge is 0.298 e. The molecule has 3 aromatic rings. The van der Waals surface area contributed by atoms with E-state index in [0.717, 1.165) is 16.2 Å². The van der Waals surface area contributed by atoms with Gasteiger partial charge in [-0.1, -0.05) is 0 Å². The number of carbonyl (C=O) groups is 4. The van der Waals surface area contributed by atoms with Gasteiger partial charge in [-0.05, 0) is 57.9 Å². The van der Waals surface area contributed by atoms with Gasteiger partial charge in [0.05, 0.1) is 0 Å². The van der Waals surface area contributed by atoms with E-state index in [1.807, 2.05) is 0 Å². The fourth-order valence-electron chi connectivity index (χ4n) is 2.62. The van der Waals surface area contributed by atoms with Crippen molar-refractivity contribution in [1.29, 1.82) is 0 Å². The maximum atomic E-state index is 11.2. The van der Waals surface area contributed by atoms with E-state index < -0.39 is 0 Å². The third kappa shape index (κ3) is 2.11. The quantitative estimate of drug-likeness (QED) is 0.546. The Bertz CT molecular complexity index is 954. The molecule has 0 fully saturated rings.